The molecule has 3 nitrogen and oxygen atoms in total. The summed E-state index contributed by atoms with van der Waals surface area (Å²) < 4.78 is 25.9. The topological polar surface area (TPSA) is 32.3 Å². The fourth-order valence-electron chi connectivity index (χ4n) is 2.61. The Balaban J connectivity index is 1.52. The summed E-state index contributed by atoms with van der Waals surface area (Å²) in [7, 11) is 0. The maximum absolute atomic E-state index is 13.0. The smallest absolute Gasteiger partial charge is 0.317 e. The first-order valence-corrected chi connectivity index (χ1v) is 8.15. The van der Waals surface area contributed by atoms with Crippen LogP contribution in [0.5, 0.6) is 0 Å². The Morgan fingerprint density at radius 3 is 2.04 bits per heavy atom. The van der Waals surface area contributed by atoms with Crippen LogP contribution in [0.4, 0.5) is 13.6 Å². The lowest BCUT2D eigenvalue weighted by Crippen LogP contribution is -2.41. The second kappa shape index (κ2) is 7.43. The number of urea groups is 1. The highest BCUT2D eigenvalue weighted by molar-refractivity contribution is 5.75. The van der Waals surface area contributed by atoms with Crippen LogP contribution in [-0.4, -0.2) is 23.5 Å². The monoisotopic (exact) mass is 330 g/mol. The molecule has 1 aliphatic carbocycles. The average Bonchev–Trinajstić information content (AvgIpc) is 3.41. The van der Waals surface area contributed by atoms with Gasteiger partial charge in [0, 0.05) is 19.1 Å². The molecule has 5 heteroatoms. The van der Waals surface area contributed by atoms with Crippen LogP contribution >= 0.6 is 0 Å². The molecule has 2 aromatic rings. The number of halogens is 2. The van der Waals surface area contributed by atoms with Crippen molar-refractivity contribution >= 4 is 6.03 Å². The lowest BCUT2D eigenvalue weighted by atomic mass is 10.1. The summed E-state index contributed by atoms with van der Waals surface area (Å²) in [5, 5.41) is 2.92. The SMILES string of the molecule is O=C(NCCc1ccc(F)cc1)N(Cc1ccc(F)cc1)C1CC1. The van der Waals surface area contributed by atoms with Gasteiger partial charge >= 0.3 is 6.03 Å². The number of benzene rings is 2. The highest BCUT2D eigenvalue weighted by Crippen LogP contribution is 2.28. The molecular formula is C19H20F2N2O. The van der Waals surface area contributed by atoms with Gasteiger partial charge in [0.05, 0.1) is 0 Å². The number of amides is 2. The van der Waals surface area contributed by atoms with E-state index in [0.29, 0.717) is 19.5 Å². The summed E-state index contributed by atoms with van der Waals surface area (Å²) in [5.41, 5.74) is 1.89. The molecule has 1 fully saturated rings. The van der Waals surface area contributed by atoms with Crippen LogP contribution in [0.15, 0.2) is 48.5 Å². The van der Waals surface area contributed by atoms with Crippen LogP contribution < -0.4 is 5.32 Å². The van der Waals surface area contributed by atoms with E-state index in [-0.39, 0.29) is 23.7 Å². The van der Waals surface area contributed by atoms with Gasteiger partial charge in [0.1, 0.15) is 11.6 Å². The molecule has 1 N–H and O–H groups in total. The van der Waals surface area contributed by atoms with Crippen molar-refractivity contribution in [1.29, 1.82) is 0 Å². The number of carbonyl (C=O) groups is 1. The molecule has 1 aliphatic rings. The van der Waals surface area contributed by atoms with Gasteiger partial charge in [0.25, 0.3) is 0 Å². The highest BCUT2D eigenvalue weighted by atomic mass is 19.1. The van der Waals surface area contributed by atoms with E-state index in [4.69, 9.17) is 0 Å². The van der Waals surface area contributed by atoms with E-state index in [1.54, 1.807) is 29.2 Å². The van der Waals surface area contributed by atoms with Crippen molar-refractivity contribution in [1.82, 2.24) is 10.2 Å². The Kier molecular flexibility index (Phi) is 5.08. The van der Waals surface area contributed by atoms with Crippen LogP contribution in [0.3, 0.4) is 0 Å². The van der Waals surface area contributed by atoms with Crippen LogP contribution in [0.1, 0.15) is 24.0 Å². The molecule has 24 heavy (non-hydrogen) atoms. The van der Waals surface area contributed by atoms with Gasteiger partial charge in [-0.2, -0.15) is 0 Å². The second-order valence-corrected chi connectivity index (χ2v) is 6.09. The molecule has 3 rings (SSSR count). The maximum atomic E-state index is 13.0. The van der Waals surface area contributed by atoms with Crippen LogP contribution in [-0.2, 0) is 13.0 Å². The van der Waals surface area contributed by atoms with Crippen molar-refractivity contribution in [3.8, 4) is 0 Å². The molecule has 0 unspecified atom stereocenters. The van der Waals surface area contributed by atoms with E-state index >= 15 is 0 Å². The van der Waals surface area contributed by atoms with E-state index in [1.807, 2.05) is 0 Å². The summed E-state index contributed by atoms with van der Waals surface area (Å²) in [6, 6.07) is 12.7. The third-order valence-corrected chi connectivity index (χ3v) is 4.12. The first-order valence-electron chi connectivity index (χ1n) is 8.15. The molecule has 0 heterocycles. The van der Waals surface area contributed by atoms with Gasteiger partial charge in [0.15, 0.2) is 0 Å². The minimum absolute atomic E-state index is 0.107. The number of hydrogen-bond acceptors (Lipinski definition) is 1. The normalized spacial score (nSPS) is 13.6. The third-order valence-electron chi connectivity index (χ3n) is 4.12. The Hall–Kier alpha value is -2.43. The molecule has 0 saturated heterocycles. The zero-order valence-electron chi connectivity index (χ0n) is 13.3. The van der Waals surface area contributed by atoms with Gasteiger partial charge in [-0.05, 0) is 54.7 Å². The third kappa shape index (κ3) is 4.54. The van der Waals surface area contributed by atoms with E-state index in [0.717, 1.165) is 24.0 Å². The summed E-state index contributed by atoms with van der Waals surface area (Å²) in [5.74, 6) is -0.539. The highest BCUT2D eigenvalue weighted by Gasteiger charge is 2.32. The van der Waals surface area contributed by atoms with Gasteiger partial charge < -0.3 is 10.2 Å². The van der Waals surface area contributed by atoms with E-state index in [9.17, 15) is 13.6 Å². The summed E-state index contributed by atoms with van der Waals surface area (Å²) >= 11 is 0. The first kappa shape index (κ1) is 16.4. The lowest BCUT2D eigenvalue weighted by Gasteiger charge is -2.23. The molecule has 0 spiro atoms. The molecule has 0 aromatic heterocycles. The fourth-order valence-corrected chi connectivity index (χ4v) is 2.61. The van der Waals surface area contributed by atoms with Crippen LogP contribution in [0, 0.1) is 11.6 Å². The number of nitrogens with one attached hydrogen (secondary N) is 1. The summed E-state index contributed by atoms with van der Waals surface area (Å²) in [4.78, 5) is 14.2. The Labute approximate surface area is 140 Å². The minimum atomic E-state index is -0.277. The lowest BCUT2D eigenvalue weighted by molar-refractivity contribution is 0.192. The maximum Gasteiger partial charge on any atom is 0.317 e. The van der Waals surface area contributed by atoms with Crippen LogP contribution in [0.25, 0.3) is 0 Å². The zero-order valence-corrected chi connectivity index (χ0v) is 13.3. The predicted molar refractivity (Wildman–Crippen MR) is 88.5 cm³/mol. The fraction of sp³-hybridized carbons (Fsp3) is 0.316. The van der Waals surface area contributed by atoms with Gasteiger partial charge in [-0.1, -0.05) is 24.3 Å². The Morgan fingerprint density at radius 2 is 1.50 bits per heavy atom. The number of carbonyl (C=O) groups excluding carboxylic acids is 1. The zero-order chi connectivity index (χ0) is 16.9. The van der Waals surface area contributed by atoms with Gasteiger partial charge in [-0.15, -0.1) is 0 Å². The number of nitrogens with zero attached hydrogens (tertiary/aromatic N) is 1. The van der Waals surface area contributed by atoms with Gasteiger partial charge in [-0.3, -0.25) is 0 Å². The summed E-state index contributed by atoms with van der Waals surface area (Å²) in [6.45, 7) is 0.977. The van der Waals surface area contributed by atoms with Gasteiger partial charge in [0.2, 0.25) is 0 Å². The second-order valence-electron chi connectivity index (χ2n) is 6.09. The van der Waals surface area contributed by atoms with Crippen molar-refractivity contribution < 1.29 is 13.6 Å². The molecule has 0 bridgehead atoms. The Bertz CT molecular complexity index is 682. The van der Waals surface area contributed by atoms with Crippen molar-refractivity contribution in [2.24, 2.45) is 0 Å². The molecular weight excluding hydrogens is 310 g/mol. The quantitative estimate of drug-likeness (QED) is 0.856. The van der Waals surface area contributed by atoms with Gasteiger partial charge in [-0.25, -0.2) is 13.6 Å². The molecule has 126 valence electrons. The average molecular weight is 330 g/mol. The largest absolute Gasteiger partial charge is 0.338 e. The van der Waals surface area contributed by atoms with Crippen LogP contribution in [0.2, 0.25) is 0 Å². The molecule has 1 saturated carbocycles. The number of rotatable bonds is 6. The minimum Gasteiger partial charge on any atom is -0.338 e. The van der Waals surface area contributed by atoms with E-state index < -0.39 is 0 Å². The summed E-state index contributed by atoms with van der Waals surface area (Å²) in [6.07, 6.45) is 2.67. The molecule has 2 aromatic carbocycles. The van der Waals surface area contributed by atoms with Crippen molar-refractivity contribution in [2.75, 3.05) is 6.54 Å². The molecule has 0 aliphatic heterocycles. The Morgan fingerprint density at radius 1 is 0.958 bits per heavy atom. The molecule has 2 amide bonds. The number of hydrogen-bond donors (Lipinski definition) is 1. The van der Waals surface area contributed by atoms with E-state index in [1.165, 1.54) is 24.3 Å². The molecule has 0 atom stereocenters. The predicted octanol–water partition coefficient (Wildman–Crippen LogP) is 3.88. The van der Waals surface area contributed by atoms with Crippen molar-refractivity contribution in [2.45, 2.75) is 31.8 Å². The standard InChI is InChI=1S/C19H20F2N2O/c20-16-5-1-14(2-6-16)11-12-22-19(24)23(18-9-10-18)13-15-3-7-17(21)8-4-15/h1-8,18H,9-13H2,(H,22,24). The molecule has 0 radical (unpaired) electrons. The van der Waals surface area contributed by atoms with Crippen molar-refractivity contribution in [3.63, 3.8) is 0 Å². The van der Waals surface area contributed by atoms with E-state index in [2.05, 4.69) is 5.32 Å². The van der Waals surface area contributed by atoms with Crippen molar-refractivity contribution in [3.05, 3.63) is 71.3 Å². The first-order chi connectivity index (χ1) is 11.6.